The first-order valence-electron chi connectivity index (χ1n) is 7.45. The van der Waals surface area contributed by atoms with Crippen molar-refractivity contribution in [3.8, 4) is 5.75 Å². The molecule has 1 unspecified atom stereocenters. The van der Waals surface area contributed by atoms with Crippen molar-refractivity contribution in [2.75, 3.05) is 6.54 Å². The molecule has 0 heterocycles. The fourth-order valence-electron chi connectivity index (χ4n) is 2.22. The maximum Gasteiger partial charge on any atom is 0.263 e. The number of ether oxygens (including phenoxy) is 1. The van der Waals surface area contributed by atoms with Crippen molar-refractivity contribution in [3.63, 3.8) is 0 Å². The van der Waals surface area contributed by atoms with Crippen LogP contribution in [0.25, 0.3) is 0 Å². The Morgan fingerprint density at radius 3 is 2.48 bits per heavy atom. The molecule has 1 amide bonds. The smallest absolute Gasteiger partial charge is 0.263 e. The fraction of sp³-hybridized carbons (Fsp3) is 0.278. The second-order valence-electron chi connectivity index (χ2n) is 5.17. The SMILES string of the molecule is CCN(Cc1ccccc1)C(=O)C(C)Oc1ccc(Cl)cc1Cl. The highest BCUT2D eigenvalue weighted by Crippen LogP contribution is 2.28. The Labute approximate surface area is 146 Å². The number of amides is 1. The van der Waals surface area contributed by atoms with Gasteiger partial charge in [-0.15, -0.1) is 0 Å². The lowest BCUT2D eigenvalue weighted by molar-refractivity contribution is -0.138. The van der Waals surface area contributed by atoms with Crippen LogP contribution in [0.4, 0.5) is 0 Å². The number of rotatable bonds is 6. The summed E-state index contributed by atoms with van der Waals surface area (Å²) in [6, 6.07) is 14.8. The quantitative estimate of drug-likeness (QED) is 0.747. The molecule has 0 saturated carbocycles. The van der Waals surface area contributed by atoms with Crippen LogP contribution in [0.2, 0.25) is 10.0 Å². The molecule has 5 heteroatoms. The summed E-state index contributed by atoms with van der Waals surface area (Å²) >= 11 is 12.0. The third-order valence-electron chi connectivity index (χ3n) is 3.46. The average molecular weight is 352 g/mol. The minimum atomic E-state index is -0.627. The second kappa shape index (κ2) is 8.23. The first-order valence-corrected chi connectivity index (χ1v) is 8.21. The molecule has 122 valence electrons. The van der Waals surface area contributed by atoms with E-state index < -0.39 is 6.10 Å². The summed E-state index contributed by atoms with van der Waals surface area (Å²) in [7, 11) is 0. The van der Waals surface area contributed by atoms with Gasteiger partial charge in [0.25, 0.3) is 5.91 Å². The summed E-state index contributed by atoms with van der Waals surface area (Å²) in [5.74, 6) is 0.370. The first-order chi connectivity index (χ1) is 11.0. The monoisotopic (exact) mass is 351 g/mol. The molecule has 0 bridgehead atoms. The Morgan fingerprint density at radius 2 is 1.87 bits per heavy atom. The Bertz CT molecular complexity index is 661. The van der Waals surface area contributed by atoms with E-state index in [0.29, 0.717) is 28.9 Å². The molecule has 0 fully saturated rings. The zero-order valence-corrected chi connectivity index (χ0v) is 14.6. The van der Waals surface area contributed by atoms with Crippen LogP contribution >= 0.6 is 23.2 Å². The predicted molar refractivity (Wildman–Crippen MR) is 94.1 cm³/mol. The van der Waals surface area contributed by atoms with Crippen LogP contribution in [0.15, 0.2) is 48.5 Å². The molecule has 3 nitrogen and oxygen atoms in total. The van der Waals surface area contributed by atoms with Gasteiger partial charge in [-0.3, -0.25) is 4.79 Å². The number of benzene rings is 2. The van der Waals surface area contributed by atoms with Gasteiger partial charge in [0.15, 0.2) is 6.10 Å². The standard InChI is InChI=1S/C18H19Cl2NO2/c1-3-21(12-14-7-5-4-6-8-14)18(22)13(2)23-17-10-9-15(19)11-16(17)20/h4-11,13H,3,12H2,1-2H3. The summed E-state index contributed by atoms with van der Waals surface area (Å²) in [6.07, 6.45) is -0.627. The summed E-state index contributed by atoms with van der Waals surface area (Å²) in [5, 5.41) is 0.920. The average Bonchev–Trinajstić information content (AvgIpc) is 2.55. The lowest BCUT2D eigenvalue weighted by Crippen LogP contribution is -2.40. The number of halogens is 2. The third kappa shape index (κ3) is 4.88. The van der Waals surface area contributed by atoms with Crippen molar-refractivity contribution >= 4 is 29.1 Å². The molecule has 0 aliphatic carbocycles. The van der Waals surface area contributed by atoms with E-state index in [-0.39, 0.29) is 5.91 Å². The van der Waals surface area contributed by atoms with Gasteiger partial charge in [0, 0.05) is 18.1 Å². The minimum Gasteiger partial charge on any atom is -0.479 e. The minimum absolute atomic E-state index is 0.0811. The third-order valence-corrected chi connectivity index (χ3v) is 3.99. The zero-order chi connectivity index (χ0) is 16.8. The highest BCUT2D eigenvalue weighted by atomic mass is 35.5. The number of likely N-dealkylation sites (N-methyl/N-ethyl adjacent to an activating group) is 1. The van der Waals surface area contributed by atoms with Crippen molar-refractivity contribution in [2.45, 2.75) is 26.5 Å². The first kappa shape index (κ1) is 17.6. The molecule has 1 atom stereocenters. The van der Waals surface area contributed by atoms with Gasteiger partial charge < -0.3 is 9.64 Å². The van der Waals surface area contributed by atoms with E-state index in [1.54, 1.807) is 30.0 Å². The maximum absolute atomic E-state index is 12.6. The van der Waals surface area contributed by atoms with Gasteiger partial charge in [0.2, 0.25) is 0 Å². The molecule has 0 N–H and O–H groups in total. The topological polar surface area (TPSA) is 29.5 Å². The Kier molecular flexibility index (Phi) is 6.31. The molecule has 0 aliphatic rings. The van der Waals surface area contributed by atoms with Gasteiger partial charge in [0.05, 0.1) is 5.02 Å². The Balaban J connectivity index is 2.04. The van der Waals surface area contributed by atoms with Crippen LogP contribution in [-0.2, 0) is 11.3 Å². The molecule has 0 saturated heterocycles. The second-order valence-corrected chi connectivity index (χ2v) is 6.02. The summed E-state index contributed by atoms with van der Waals surface area (Å²) in [5.41, 5.74) is 1.08. The summed E-state index contributed by atoms with van der Waals surface area (Å²) < 4.78 is 5.70. The van der Waals surface area contributed by atoms with Crippen molar-refractivity contribution in [1.29, 1.82) is 0 Å². The van der Waals surface area contributed by atoms with Gasteiger partial charge in [-0.25, -0.2) is 0 Å². The number of carbonyl (C=O) groups excluding carboxylic acids is 1. The molecular weight excluding hydrogens is 333 g/mol. The van der Waals surface area contributed by atoms with Crippen molar-refractivity contribution in [3.05, 3.63) is 64.1 Å². The molecule has 0 radical (unpaired) electrons. The van der Waals surface area contributed by atoms with Gasteiger partial charge in [0.1, 0.15) is 5.75 Å². The lowest BCUT2D eigenvalue weighted by Gasteiger charge is -2.25. The molecule has 2 aromatic rings. The van der Waals surface area contributed by atoms with Crippen LogP contribution in [0.1, 0.15) is 19.4 Å². The number of hydrogen-bond donors (Lipinski definition) is 0. The number of hydrogen-bond acceptors (Lipinski definition) is 2. The highest BCUT2D eigenvalue weighted by molar-refractivity contribution is 6.35. The molecule has 23 heavy (non-hydrogen) atoms. The molecule has 0 spiro atoms. The van der Waals surface area contributed by atoms with Crippen LogP contribution < -0.4 is 4.74 Å². The molecule has 2 rings (SSSR count). The zero-order valence-electron chi connectivity index (χ0n) is 13.1. The van der Waals surface area contributed by atoms with Gasteiger partial charge >= 0.3 is 0 Å². The predicted octanol–water partition coefficient (Wildman–Crippen LogP) is 4.81. The van der Waals surface area contributed by atoms with E-state index in [1.165, 1.54) is 0 Å². The van der Waals surface area contributed by atoms with Crippen LogP contribution in [0, 0.1) is 0 Å². The highest BCUT2D eigenvalue weighted by Gasteiger charge is 2.22. The molecule has 2 aromatic carbocycles. The van der Waals surface area contributed by atoms with E-state index in [0.717, 1.165) is 5.56 Å². The van der Waals surface area contributed by atoms with E-state index >= 15 is 0 Å². The fourth-order valence-corrected chi connectivity index (χ4v) is 2.67. The number of carbonyl (C=O) groups is 1. The Morgan fingerprint density at radius 1 is 1.17 bits per heavy atom. The molecular formula is C18H19Cl2NO2. The van der Waals surface area contributed by atoms with E-state index in [4.69, 9.17) is 27.9 Å². The van der Waals surface area contributed by atoms with Crippen LogP contribution in [0.5, 0.6) is 5.75 Å². The normalized spacial score (nSPS) is 11.8. The van der Waals surface area contributed by atoms with Crippen molar-refractivity contribution in [2.24, 2.45) is 0 Å². The molecule has 0 aromatic heterocycles. The maximum atomic E-state index is 12.6. The molecule has 0 aliphatic heterocycles. The summed E-state index contributed by atoms with van der Waals surface area (Å²) in [4.78, 5) is 14.3. The Hall–Kier alpha value is -1.71. The van der Waals surface area contributed by atoms with Crippen molar-refractivity contribution < 1.29 is 9.53 Å². The van der Waals surface area contributed by atoms with Gasteiger partial charge in [-0.05, 0) is 37.6 Å². The van der Waals surface area contributed by atoms with E-state index in [2.05, 4.69) is 0 Å². The van der Waals surface area contributed by atoms with Crippen LogP contribution in [-0.4, -0.2) is 23.5 Å². The largest absolute Gasteiger partial charge is 0.479 e. The lowest BCUT2D eigenvalue weighted by atomic mass is 10.2. The number of nitrogens with zero attached hydrogens (tertiary/aromatic N) is 1. The summed E-state index contributed by atoms with van der Waals surface area (Å²) in [6.45, 7) is 4.83. The van der Waals surface area contributed by atoms with Gasteiger partial charge in [-0.2, -0.15) is 0 Å². The van der Waals surface area contributed by atoms with E-state index in [1.807, 2.05) is 37.3 Å². The van der Waals surface area contributed by atoms with E-state index in [9.17, 15) is 4.79 Å². The van der Waals surface area contributed by atoms with Crippen molar-refractivity contribution in [1.82, 2.24) is 4.90 Å². The van der Waals surface area contributed by atoms with Crippen LogP contribution in [0.3, 0.4) is 0 Å². The van der Waals surface area contributed by atoms with Gasteiger partial charge in [-0.1, -0.05) is 53.5 Å².